The maximum absolute atomic E-state index is 11.7. The zero-order chi connectivity index (χ0) is 10.8. The van der Waals surface area contributed by atoms with Gasteiger partial charge in [-0.15, -0.1) is 0 Å². The Labute approximate surface area is 93.8 Å². The van der Waals surface area contributed by atoms with Crippen molar-refractivity contribution in [1.82, 2.24) is 19.7 Å². The Kier molecular flexibility index (Phi) is 2.55. The average Bonchev–Trinajstić information content (AvgIpc) is 2.79. The lowest BCUT2D eigenvalue weighted by molar-refractivity contribution is 0.102. The highest BCUT2D eigenvalue weighted by molar-refractivity contribution is 9.10. The predicted molar refractivity (Wildman–Crippen MR) is 57.4 cm³/mol. The third-order valence-electron chi connectivity index (χ3n) is 1.84. The van der Waals surface area contributed by atoms with Gasteiger partial charge in [-0.25, -0.2) is 4.98 Å². The minimum absolute atomic E-state index is 0.259. The molecule has 0 fully saturated rings. The molecule has 0 aliphatic heterocycles. The first-order chi connectivity index (χ1) is 7.18. The van der Waals surface area contributed by atoms with Crippen molar-refractivity contribution in [3.63, 3.8) is 0 Å². The number of nitrogens with one attached hydrogen (secondary N) is 2. The van der Waals surface area contributed by atoms with E-state index in [4.69, 9.17) is 0 Å². The number of hydrogen-bond donors (Lipinski definition) is 2. The van der Waals surface area contributed by atoms with Gasteiger partial charge >= 0.3 is 0 Å². The summed E-state index contributed by atoms with van der Waals surface area (Å²) in [5.74, 6) is 0.153. The fourth-order valence-electron chi connectivity index (χ4n) is 1.08. The van der Waals surface area contributed by atoms with Crippen LogP contribution in [-0.2, 0) is 7.05 Å². The third-order valence-corrected chi connectivity index (χ3v) is 2.78. The van der Waals surface area contributed by atoms with Gasteiger partial charge in [0.15, 0.2) is 0 Å². The number of amides is 1. The summed E-state index contributed by atoms with van der Waals surface area (Å²) < 4.78 is 2.20. The van der Waals surface area contributed by atoms with Crippen LogP contribution in [0.4, 0.5) is 5.95 Å². The number of anilines is 1. The molecule has 0 atom stereocenters. The van der Waals surface area contributed by atoms with Crippen LogP contribution in [0.3, 0.4) is 0 Å². The van der Waals surface area contributed by atoms with Crippen LogP contribution in [0.2, 0.25) is 0 Å². The van der Waals surface area contributed by atoms with Crippen molar-refractivity contribution in [2.45, 2.75) is 0 Å². The molecule has 15 heavy (non-hydrogen) atoms. The van der Waals surface area contributed by atoms with Gasteiger partial charge in [0.2, 0.25) is 5.95 Å². The zero-order valence-corrected chi connectivity index (χ0v) is 9.45. The van der Waals surface area contributed by atoms with Gasteiger partial charge in [-0.2, -0.15) is 5.10 Å². The molecule has 2 aromatic heterocycles. The van der Waals surface area contributed by atoms with Crippen LogP contribution < -0.4 is 5.32 Å². The Morgan fingerprint density at radius 3 is 3.00 bits per heavy atom. The maximum atomic E-state index is 11.7. The lowest BCUT2D eigenvalue weighted by Gasteiger charge is -1.99. The number of carbonyl (C=O) groups excluding carboxylic acids is 1. The molecule has 2 N–H and O–H groups in total. The van der Waals surface area contributed by atoms with Crippen LogP contribution in [0.15, 0.2) is 23.2 Å². The minimum Gasteiger partial charge on any atom is -0.331 e. The second-order valence-corrected chi connectivity index (χ2v) is 3.62. The standard InChI is InChI=1S/C8H8BrN5O/c1-14-6(9)5(4-12-14)7(15)13-8-10-2-3-11-8/h2-4H,1H3,(H2,10,11,13,15). The molecular formula is C8H8BrN5O. The highest BCUT2D eigenvalue weighted by atomic mass is 79.9. The molecule has 0 spiro atoms. The van der Waals surface area contributed by atoms with E-state index in [1.54, 1.807) is 24.1 Å². The highest BCUT2D eigenvalue weighted by Gasteiger charge is 2.14. The first kappa shape index (κ1) is 9.91. The highest BCUT2D eigenvalue weighted by Crippen LogP contribution is 2.15. The number of nitrogens with zero attached hydrogens (tertiary/aromatic N) is 3. The molecule has 7 heteroatoms. The SMILES string of the molecule is Cn1ncc(C(=O)Nc2ncc[nH]2)c1Br. The van der Waals surface area contributed by atoms with Crippen molar-refractivity contribution < 1.29 is 4.79 Å². The first-order valence-corrected chi connectivity index (χ1v) is 4.96. The fraction of sp³-hybridized carbons (Fsp3) is 0.125. The van der Waals surface area contributed by atoms with E-state index in [1.807, 2.05) is 0 Å². The van der Waals surface area contributed by atoms with Gasteiger partial charge in [0, 0.05) is 19.4 Å². The van der Waals surface area contributed by atoms with Crippen molar-refractivity contribution in [3.8, 4) is 0 Å². The average molecular weight is 270 g/mol. The summed E-state index contributed by atoms with van der Waals surface area (Å²) in [4.78, 5) is 18.4. The molecule has 2 rings (SSSR count). The van der Waals surface area contributed by atoms with Gasteiger partial charge in [-0.05, 0) is 15.9 Å². The number of rotatable bonds is 2. The monoisotopic (exact) mass is 269 g/mol. The molecule has 2 aromatic rings. The zero-order valence-electron chi connectivity index (χ0n) is 7.86. The molecule has 0 bridgehead atoms. The third kappa shape index (κ3) is 1.91. The Morgan fingerprint density at radius 1 is 1.67 bits per heavy atom. The first-order valence-electron chi connectivity index (χ1n) is 4.16. The topological polar surface area (TPSA) is 75.6 Å². The number of aromatic nitrogens is 4. The summed E-state index contributed by atoms with van der Waals surface area (Å²) in [5, 5.41) is 6.55. The molecule has 0 radical (unpaired) electrons. The predicted octanol–water partition coefficient (Wildman–Crippen LogP) is 1.16. The van der Waals surface area contributed by atoms with Crippen LogP contribution in [0, 0.1) is 0 Å². The van der Waals surface area contributed by atoms with Crippen LogP contribution in [0.25, 0.3) is 0 Å². The summed E-state index contributed by atoms with van der Waals surface area (Å²) >= 11 is 3.26. The molecular weight excluding hydrogens is 262 g/mol. The van der Waals surface area contributed by atoms with E-state index >= 15 is 0 Å². The molecule has 6 nitrogen and oxygen atoms in total. The summed E-state index contributed by atoms with van der Waals surface area (Å²) in [6.07, 6.45) is 4.68. The number of carbonyl (C=O) groups is 1. The van der Waals surface area contributed by atoms with E-state index in [0.29, 0.717) is 16.1 Å². The summed E-state index contributed by atoms with van der Waals surface area (Å²) in [6.45, 7) is 0. The Balaban J connectivity index is 2.19. The molecule has 78 valence electrons. The fourth-order valence-corrected chi connectivity index (χ4v) is 1.46. The van der Waals surface area contributed by atoms with Gasteiger partial charge < -0.3 is 4.98 Å². The van der Waals surface area contributed by atoms with Gasteiger partial charge in [-0.3, -0.25) is 14.8 Å². The molecule has 0 aliphatic rings. The lowest BCUT2D eigenvalue weighted by atomic mass is 10.3. The Hall–Kier alpha value is -1.63. The number of hydrogen-bond acceptors (Lipinski definition) is 3. The lowest BCUT2D eigenvalue weighted by Crippen LogP contribution is -2.13. The van der Waals surface area contributed by atoms with E-state index < -0.39 is 0 Å². The molecule has 0 aliphatic carbocycles. The number of aryl methyl sites for hydroxylation is 1. The number of aromatic amines is 1. The minimum atomic E-state index is -0.259. The van der Waals surface area contributed by atoms with Crippen molar-refractivity contribution in [1.29, 1.82) is 0 Å². The molecule has 0 saturated heterocycles. The number of H-pyrrole nitrogens is 1. The Morgan fingerprint density at radius 2 is 2.47 bits per heavy atom. The number of imidazole rings is 1. The normalized spacial score (nSPS) is 10.3. The molecule has 0 aromatic carbocycles. The Bertz CT molecular complexity index is 475. The van der Waals surface area contributed by atoms with E-state index in [0.717, 1.165) is 0 Å². The van der Waals surface area contributed by atoms with Crippen LogP contribution in [0.5, 0.6) is 0 Å². The largest absolute Gasteiger partial charge is 0.331 e. The van der Waals surface area contributed by atoms with Crippen LogP contribution in [0.1, 0.15) is 10.4 Å². The summed E-state index contributed by atoms with van der Waals surface area (Å²) in [6, 6.07) is 0. The summed E-state index contributed by atoms with van der Waals surface area (Å²) in [7, 11) is 1.74. The molecule has 0 unspecified atom stereocenters. The van der Waals surface area contributed by atoms with Gasteiger partial charge in [0.25, 0.3) is 5.91 Å². The quantitative estimate of drug-likeness (QED) is 0.859. The summed E-state index contributed by atoms with van der Waals surface area (Å²) in [5.41, 5.74) is 0.467. The van der Waals surface area contributed by atoms with Gasteiger partial charge in [-0.1, -0.05) is 0 Å². The van der Waals surface area contributed by atoms with Gasteiger partial charge in [0.05, 0.1) is 11.8 Å². The second-order valence-electron chi connectivity index (χ2n) is 2.86. The maximum Gasteiger partial charge on any atom is 0.262 e. The van der Waals surface area contributed by atoms with Gasteiger partial charge in [0.1, 0.15) is 4.60 Å². The van der Waals surface area contributed by atoms with Crippen molar-refractivity contribution in [2.75, 3.05) is 5.32 Å². The van der Waals surface area contributed by atoms with E-state index in [2.05, 4.69) is 36.3 Å². The van der Waals surface area contributed by atoms with E-state index in [9.17, 15) is 4.79 Å². The smallest absolute Gasteiger partial charge is 0.262 e. The van der Waals surface area contributed by atoms with Crippen molar-refractivity contribution in [2.24, 2.45) is 7.05 Å². The molecule has 0 saturated carbocycles. The van der Waals surface area contributed by atoms with Crippen molar-refractivity contribution in [3.05, 3.63) is 28.8 Å². The van der Waals surface area contributed by atoms with E-state index in [-0.39, 0.29) is 5.91 Å². The van der Waals surface area contributed by atoms with Crippen LogP contribution in [-0.4, -0.2) is 25.7 Å². The van der Waals surface area contributed by atoms with Crippen LogP contribution >= 0.6 is 15.9 Å². The molecule has 1 amide bonds. The van der Waals surface area contributed by atoms with Crippen molar-refractivity contribution >= 4 is 27.8 Å². The number of halogens is 1. The molecule has 2 heterocycles. The second kappa shape index (κ2) is 3.85. The van der Waals surface area contributed by atoms with E-state index in [1.165, 1.54) is 6.20 Å².